The molecule has 168 valence electrons. The molecular weight excluding hydrogens is 410 g/mol. The topological polar surface area (TPSA) is 93.9 Å². The van der Waals surface area contributed by atoms with E-state index in [4.69, 9.17) is 14.0 Å². The van der Waals surface area contributed by atoms with Crippen LogP contribution < -0.4 is 14.8 Å². The van der Waals surface area contributed by atoms with Crippen molar-refractivity contribution >= 4 is 11.8 Å². The molecule has 2 amide bonds. The average molecular weight is 437 g/mol. The van der Waals surface area contributed by atoms with Gasteiger partial charge in [-0.05, 0) is 43.2 Å². The summed E-state index contributed by atoms with van der Waals surface area (Å²) in [7, 11) is 1.62. The first-order valence-corrected chi connectivity index (χ1v) is 10.4. The summed E-state index contributed by atoms with van der Waals surface area (Å²) in [5, 5.41) is 6.48. The molecule has 1 aromatic heterocycles. The van der Waals surface area contributed by atoms with Crippen LogP contribution in [0.3, 0.4) is 0 Å². The predicted molar refractivity (Wildman–Crippen MR) is 119 cm³/mol. The number of hydrogen-bond donors (Lipinski definition) is 1. The molecule has 0 bridgehead atoms. The van der Waals surface area contributed by atoms with Crippen LogP contribution in [0.4, 0.5) is 0 Å². The van der Waals surface area contributed by atoms with E-state index in [-0.39, 0.29) is 30.7 Å². The van der Waals surface area contributed by atoms with Gasteiger partial charge in [-0.25, -0.2) is 0 Å². The molecular formula is C24H27N3O5. The molecule has 8 nitrogen and oxygen atoms in total. The van der Waals surface area contributed by atoms with Crippen molar-refractivity contribution in [2.45, 2.75) is 19.9 Å². The van der Waals surface area contributed by atoms with Crippen molar-refractivity contribution in [2.24, 2.45) is 0 Å². The zero-order valence-electron chi connectivity index (χ0n) is 18.2. The van der Waals surface area contributed by atoms with E-state index in [1.165, 1.54) is 0 Å². The summed E-state index contributed by atoms with van der Waals surface area (Å²) in [5.41, 5.74) is 1.25. The maximum absolute atomic E-state index is 12.9. The molecule has 0 aliphatic rings. The number of carbonyl (C=O) groups is 2. The van der Waals surface area contributed by atoms with Crippen molar-refractivity contribution in [1.29, 1.82) is 0 Å². The lowest BCUT2D eigenvalue weighted by Crippen LogP contribution is -2.36. The van der Waals surface area contributed by atoms with E-state index >= 15 is 0 Å². The summed E-state index contributed by atoms with van der Waals surface area (Å²) in [6.07, 6.45) is 0.637. The van der Waals surface area contributed by atoms with Crippen molar-refractivity contribution in [3.05, 3.63) is 77.7 Å². The summed E-state index contributed by atoms with van der Waals surface area (Å²) in [6, 6.07) is 18.4. The molecule has 3 rings (SSSR count). The summed E-state index contributed by atoms with van der Waals surface area (Å²) >= 11 is 0. The van der Waals surface area contributed by atoms with Crippen molar-refractivity contribution in [2.75, 3.05) is 26.8 Å². The Labute approximate surface area is 187 Å². The van der Waals surface area contributed by atoms with Crippen molar-refractivity contribution in [3.8, 4) is 11.5 Å². The Bertz CT molecular complexity index is 1000. The Morgan fingerprint density at radius 1 is 1.06 bits per heavy atom. The third kappa shape index (κ3) is 6.60. The molecule has 0 radical (unpaired) electrons. The van der Waals surface area contributed by atoms with Crippen molar-refractivity contribution in [3.63, 3.8) is 0 Å². The molecule has 0 saturated heterocycles. The Morgan fingerprint density at radius 3 is 2.50 bits per heavy atom. The van der Waals surface area contributed by atoms with Crippen molar-refractivity contribution in [1.82, 2.24) is 15.4 Å². The van der Waals surface area contributed by atoms with E-state index in [0.717, 1.165) is 11.3 Å². The molecule has 0 saturated carbocycles. The zero-order valence-corrected chi connectivity index (χ0v) is 18.2. The molecule has 0 aliphatic carbocycles. The predicted octanol–water partition coefficient (Wildman–Crippen LogP) is 3.08. The lowest BCUT2D eigenvalue weighted by Gasteiger charge is -2.21. The maximum Gasteiger partial charge on any atom is 0.273 e. The maximum atomic E-state index is 12.9. The number of amides is 2. The highest BCUT2D eigenvalue weighted by Gasteiger charge is 2.19. The fourth-order valence-electron chi connectivity index (χ4n) is 3.04. The third-order valence-corrected chi connectivity index (χ3v) is 4.76. The normalized spacial score (nSPS) is 10.4. The SMILES string of the molecule is CCNC(=O)c1cc(CN(CCc2ccc(OC)cc2)C(=O)COc2ccccc2)on1. The number of nitrogens with one attached hydrogen (secondary N) is 1. The fraction of sp³-hybridized carbons (Fsp3) is 0.292. The Balaban J connectivity index is 1.67. The van der Waals surface area contributed by atoms with Gasteiger partial charge in [-0.1, -0.05) is 35.5 Å². The van der Waals surface area contributed by atoms with Crippen LogP contribution in [0, 0.1) is 0 Å². The van der Waals surface area contributed by atoms with Gasteiger partial charge in [-0.3, -0.25) is 9.59 Å². The van der Waals surface area contributed by atoms with E-state index in [0.29, 0.717) is 31.0 Å². The van der Waals surface area contributed by atoms with Crippen LogP contribution in [0.25, 0.3) is 0 Å². The van der Waals surface area contributed by atoms with Gasteiger partial charge in [0.2, 0.25) is 0 Å². The molecule has 0 aliphatic heterocycles. The standard InChI is InChI=1S/C24H27N3O5/c1-3-25-24(29)22-15-21(32-26-22)16-27(14-13-18-9-11-19(30-2)12-10-18)23(28)17-31-20-7-5-4-6-8-20/h4-12,15H,3,13-14,16-17H2,1-2H3,(H,25,29). The quantitative estimate of drug-likeness (QED) is 0.496. The van der Waals surface area contributed by atoms with E-state index < -0.39 is 0 Å². The number of aromatic nitrogens is 1. The van der Waals surface area contributed by atoms with Crippen LogP contribution >= 0.6 is 0 Å². The lowest BCUT2D eigenvalue weighted by molar-refractivity contribution is -0.134. The molecule has 2 aromatic carbocycles. The highest BCUT2D eigenvalue weighted by atomic mass is 16.5. The monoisotopic (exact) mass is 437 g/mol. The molecule has 8 heteroatoms. The first-order chi connectivity index (χ1) is 15.6. The fourth-order valence-corrected chi connectivity index (χ4v) is 3.04. The molecule has 1 N–H and O–H groups in total. The first-order valence-electron chi connectivity index (χ1n) is 10.4. The number of hydrogen-bond acceptors (Lipinski definition) is 6. The average Bonchev–Trinajstić information content (AvgIpc) is 3.30. The highest BCUT2D eigenvalue weighted by molar-refractivity contribution is 5.92. The van der Waals surface area contributed by atoms with Crippen molar-refractivity contribution < 1.29 is 23.6 Å². The second kappa shape index (κ2) is 11.5. The Morgan fingerprint density at radius 2 is 1.81 bits per heavy atom. The number of methoxy groups -OCH3 is 1. The molecule has 32 heavy (non-hydrogen) atoms. The number of ether oxygens (including phenoxy) is 2. The van der Waals surface area contributed by atoms with E-state index in [2.05, 4.69) is 10.5 Å². The van der Waals surface area contributed by atoms with Gasteiger partial charge in [-0.15, -0.1) is 0 Å². The molecule has 0 atom stereocenters. The molecule has 0 unspecified atom stereocenters. The second-order valence-electron chi connectivity index (χ2n) is 7.05. The highest BCUT2D eigenvalue weighted by Crippen LogP contribution is 2.14. The van der Waals surface area contributed by atoms with E-state index in [1.807, 2.05) is 49.4 Å². The summed E-state index contributed by atoms with van der Waals surface area (Å²) in [5.74, 6) is 1.31. The lowest BCUT2D eigenvalue weighted by atomic mass is 10.1. The third-order valence-electron chi connectivity index (χ3n) is 4.76. The molecule has 0 fully saturated rings. The van der Waals surface area contributed by atoms with Crippen LogP contribution in [0.1, 0.15) is 28.7 Å². The second-order valence-corrected chi connectivity index (χ2v) is 7.05. The van der Waals surface area contributed by atoms with Gasteiger partial charge in [0, 0.05) is 19.2 Å². The van der Waals surface area contributed by atoms with Gasteiger partial charge in [0.05, 0.1) is 13.7 Å². The number of carbonyl (C=O) groups excluding carboxylic acids is 2. The van der Waals surface area contributed by atoms with Gasteiger partial charge >= 0.3 is 0 Å². The van der Waals surface area contributed by atoms with Crippen LogP contribution in [0.2, 0.25) is 0 Å². The first kappa shape index (κ1) is 22.9. The zero-order chi connectivity index (χ0) is 22.8. The minimum atomic E-state index is -0.314. The number of rotatable bonds is 11. The number of para-hydroxylation sites is 1. The Kier molecular flexibility index (Phi) is 8.25. The van der Waals surface area contributed by atoms with Crippen LogP contribution in [-0.2, 0) is 17.8 Å². The summed E-state index contributed by atoms with van der Waals surface area (Å²) < 4.78 is 16.1. The molecule has 3 aromatic rings. The Hall–Kier alpha value is -3.81. The summed E-state index contributed by atoms with van der Waals surface area (Å²) in [6.45, 7) is 2.83. The van der Waals surface area contributed by atoms with Gasteiger partial charge in [0.25, 0.3) is 11.8 Å². The van der Waals surface area contributed by atoms with Crippen LogP contribution in [-0.4, -0.2) is 48.7 Å². The minimum absolute atomic E-state index is 0.107. The van der Waals surface area contributed by atoms with Gasteiger partial charge < -0.3 is 24.2 Å². The largest absolute Gasteiger partial charge is 0.497 e. The van der Waals surface area contributed by atoms with Crippen LogP contribution in [0.5, 0.6) is 11.5 Å². The van der Waals surface area contributed by atoms with Crippen LogP contribution in [0.15, 0.2) is 65.2 Å². The van der Waals surface area contributed by atoms with Gasteiger partial charge in [0.15, 0.2) is 18.1 Å². The molecule has 0 spiro atoms. The number of benzene rings is 2. The van der Waals surface area contributed by atoms with Gasteiger partial charge in [-0.2, -0.15) is 0 Å². The van der Waals surface area contributed by atoms with E-state index in [1.54, 1.807) is 30.2 Å². The smallest absolute Gasteiger partial charge is 0.273 e. The van der Waals surface area contributed by atoms with Gasteiger partial charge in [0.1, 0.15) is 11.5 Å². The minimum Gasteiger partial charge on any atom is -0.497 e. The van der Waals surface area contributed by atoms with E-state index in [9.17, 15) is 9.59 Å². The molecule has 1 heterocycles. The number of nitrogens with zero attached hydrogens (tertiary/aromatic N) is 2. The summed E-state index contributed by atoms with van der Waals surface area (Å²) in [4.78, 5) is 26.5.